The first-order valence-corrected chi connectivity index (χ1v) is 8.12. The maximum atomic E-state index is 3.56. The lowest BCUT2D eigenvalue weighted by Gasteiger charge is -2.30. The number of para-hydroxylation sites is 2. The molecule has 4 heteroatoms. The number of rotatable bonds is 2. The second-order valence-corrected chi connectivity index (χ2v) is 6.19. The SMILES string of the molecule is Cc1c(N2C=CN[C@@H]2C)cccc1N1c2ccccc2N[C@H]1C. The first-order chi connectivity index (χ1) is 11.2. The normalized spacial score (nSPS) is 22.0. The van der Waals surface area contributed by atoms with Crippen molar-refractivity contribution in [3.63, 3.8) is 0 Å². The molecular formula is C19H22N4. The van der Waals surface area contributed by atoms with Crippen molar-refractivity contribution in [2.45, 2.75) is 33.1 Å². The van der Waals surface area contributed by atoms with Crippen LogP contribution in [0.25, 0.3) is 0 Å². The molecule has 2 aliphatic rings. The molecule has 0 radical (unpaired) electrons. The van der Waals surface area contributed by atoms with Gasteiger partial charge in [0.05, 0.1) is 17.5 Å². The summed E-state index contributed by atoms with van der Waals surface area (Å²) < 4.78 is 0. The molecule has 118 valence electrons. The highest BCUT2D eigenvalue weighted by atomic mass is 15.3. The van der Waals surface area contributed by atoms with E-state index in [-0.39, 0.29) is 12.3 Å². The van der Waals surface area contributed by atoms with Crippen LogP contribution in [-0.4, -0.2) is 12.3 Å². The molecule has 2 aromatic carbocycles. The molecule has 0 aliphatic carbocycles. The Bertz CT molecular complexity index is 768. The smallest absolute Gasteiger partial charge is 0.101 e. The summed E-state index contributed by atoms with van der Waals surface area (Å²) in [5.41, 5.74) is 6.22. The Labute approximate surface area is 137 Å². The quantitative estimate of drug-likeness (QED) is 0.873. The lowest BCUT2D eigenvalue weighted by Crippen LogP contribution is -2.33. The van der Waals surface area contributed by atoms with E-state index in [2.05, 4.69) is 89.9 Å². The molecular weight excluding hydrogens is 284 g/mol. The van der Waals surface area contributed by atoms with Gasteiger partial charge in [-0.2, -0.15) is 0 Å². The van der Waals surface area contributed by atoms with E-state index in [0.717, 1.165) is 0 Å². The van der Waals surface area contributed by atoms with E-state index < -0.39 is 0 Å². The third-order valence-electron chi connectivity index (χ3n) is 4.72. The van der Waals surface area contributed by atoms with Crippen LogP contribution in [0.3, 0.4) is 0 Å². The molecule has 4 rings (SSSR count). The lowest BCUT2D eigenvalue weighted by molar-refractivity contribution is 0.683. The summed E-state index contributed by atoms with van der Waals surface area (Å²) >= 11 is 0. The van der Waals surface area contributed by atoms with E-state index >= 15 is 0 Å². The molecule has 0 fully saturated rings. The highest BCUT2D eigenvalue weighted by Gasteiger charge is 2.28. The van der Waals surface area contributed by atoms with Crippen molar-refractivity contribution in [3.05, 3.63) is 60.4 Å². The molecule has 0 unspecified atom stereocenters. The largest absolute Gasteiger partial charge is 0.370 e. The molecule has 0 saturated heterocycles. The number of hydrogen-bond acceptors (Lipinski definition) is 4. The summed E-state index contributed by atoms with van der Waals surface area (Å²) in [6, 6.07) is 15.0. The number of benzene rings is 2. The minimum Gasteiger partial charge on any atom is -0.370 e. The summed E-state index contributed by atoms with van der Waals surface area (Å²) in [7, 11) is 0. The molecule has 0 bridgehead atoms. The van der Waals surface area contributed by atoms with Crippen molar-refractivity contribution in [1.82, 2.24) is 5.32 Å². The Hall–Kier alpha value is -2.62. The maximum absolute atomic E-state index is 3.56. The van der Waals surface area contributed by atoms with E-state index in [9.17, 15) is 0 Å². The number of nitrogens with one attached hydrogen (secondary N) is 2. The van der Waals surface area contributed by atoms with Crippen LogP contribution in [0.2, 0.25) is 0 Å². The van der Waals surface area contributed by atoms with Crippen molar-refractivity contribution in [2.24, 2.45) is 0 Å². The van der Waals surface area contributed by atoms with E-state index in [0.29, 0.717) is 0 Å². The van der Waals surface area contributed by atoms with Gasteiger partial charge in [-0.3, -0.25) is 0 Å². The van der Waals surface area contributed by atoms with Gasteiger partial charge in [-0.1, -0.05) is 18.2 Å². The Morgan fingerprint density at radius 3 is 2.39 bits per heavy atom. The highest BCUT2D eigenvalue weighted by Crippen LogP contribution is 2.42. The Morgan fingerprint density at radius 2 is 1.61 bits per heavy atom. The van der Waals surface area contributed by atoms with Crippen LogP contribution >= 0.6 is 0 Å². The van der Waals surface area contributed by atoms with Crippen LogP contribution in [-0.2, 0) is 0 Å². The molecule has 2 N–H and O–H groups in total. The molecule has 4 nitrogen and oxygen atoms in total. The number of hydrogen-bond donors (Lipinski definition) is 2. The fraction of sp³-hybridized carbons (Fsp3) is 0.263. The molecule has 23 heavy (non-hydrogen) atoms. The summed E-state index contributed by atoms with van der Waals surface area (Å²) in [5, 5.41) is 6.88. The van der Waals surface area contributed by atoms with Gasteiger partial charge in [0.2, 0.25) is 0 Å². The minimum absolute atomic E-state index is 0.242. The standard InChI is InChI=1S/C19H22N4/c1-13-17(22-12-11-20-14(22)2)9-6-10-18(13)23-15(3)21-16-7-4-5-8-19(16)23/h4-12,14-15,20-21H,1-3H3/t14-,15+/m0/s1. The van der Waals surface area contributed by atoms with Crippen LogP contribution in [0, 0.1) is 6.92 Å². The van der Waals surface area contributed by atoms with Gasteiger partial charge >= 0.3 is 0 Å². The Morgan fingerprint density at radius 1 is 0.870 bits per heavy atom. The van der Waals surface area contributed by atoms with E-state index in [4.69, 9.17) is 0 Å². The van der Waals surface area contributed by atoms with Gasteiger partial charge in [-0.15, -0.1) is 0 Å². The first-order valence-electron chi connectivity index (χ1n) is 8.12. The molecule has 2 heterocycles. The van der Waals surface area contributed by atoms with Gasteiger partial charge in [0, 0.05) is 23.8 Å². The minimum atomic E-state index is 0.242. The number of anilines is 4. The fourth-order valence-corrected chi connectivity index (χ4v) is 3.56. The lowest BCUT2D eigenvalue weighted by atomic mass is 10.1. The predicted molar refractivity (Wildman–Crippen MR) is 97.1 cm³/mol. The number of fused-ring (bicyclic) bond motifs is 1. The summed E-state index contributed by atoms with van der Waals surface area (Å²) in [5.74, 6) is 0. The van der Waals surface area contributed by atoms with E-state index in [1.807, 2.05) is 6.20 Å². The molecule has 2 aliphatic heterocycles. The third-order valence-corrected chi connectivity index (χ3v) is 4.72. The molecule has 0 amide bonds. The number of nitrogens with zero attached hydrogens (tertiary/aromatic N) is 2. The second-order valence-electron chi connectivity index (χ2n) is 6.19. The Kier molecular flexibility index (Phi) is 3.18. The van der Waals surface area contributed by atoms with Gasteiger partial charge in [-0.05, 0) is 50.6 Å². The van der Waals surface area contributed by atoms with Crippen molar-refractivity contribution in [1.29, 1.82) is 0 Å². The van der Waals surface area contributed by atoms with E-state index in [1.165, 1.54) is 28.3 Å². The van der Waals surface area contributed by atoms with Crippen LogP contribution in [0.15, 0.2) is 54.9 Å². The van der Waals surface area contributed by atoms with Gasteiger partial charge < -0.3 is 20.4 Å². The van der Waals surface area contributed by atoms with Crippen molar-refractivity contribution in [2.75, 3.05) is 15.1 Å². The molecule has 2 aromatic rings. The summed E-state index contributed by atoms with van der Waals surface area (Å²) in [6.07, 6.45) is 4.64. The van der Waals surface area contributed by atoms with Crippen molar-refractivity contribution >= 4 is 22.7 Å². The topological polar surface area (TPSA) is 30.5 Å². The summed E-state index contributed by atoms with van der Waals surface area (Å²) in [4.78, 5) is 4.66. The van der Waals surface area contributed by atoms with Gasteiger partial charge in [0.15, 0.2) is 0 Å². The average molecular weight is 306 g/mol. The first kappa shape index (κ1) is 14.0. The second kappa shape index (κ2) is 5.23. The van der Waals surface area contributed by atoms with Gasteiger partial charge in [0.25, 0.3) is 0 Å². The van der Waals surface area contributed by atoms with E-state index in [1.54, 1.807) is 0 Å². The zero-order valence-electron chi connectivity index (χ0n) is 13.7. The monoisotopic (exact) mass is 306 g/mol. The zero-order valence-corrected chi connectivity index (χ0v) is 13.7. The average Bonchev–Trinajstić information content (AvgIpc) is 3.10. The summed E-state index contributed by atoms with van der Waals surface area (Å²) in [6.45, 7) is 6.57. The van der Waals surface area contributed by atoms with Crippen LogP contribution < -0.4 is 20.4 Å². The maximum Gasteiger partial charge on any atom is 0.101 e. The highest BCUT2D eigenvalue weighted by molar-refractivity contribution is 5.85. The predicted octanol–water partition coefficient (Wildman–Crippen LogP) is 4.13. The third kappa shape index (κ3) is 2.13. The fourth-order valence-electron chi connectivity index (χ4n) is 3.56. The van der Waals surface area contributed by atoms with Crippen molar-refractivity contribution in [3.8, 4) is 0 Å². The van der Waals surface area contributed by atoms with Crippen LogP contribution in [0.4, 0.5) is 22.7 Å². The molecule has 0 spiro atoms. The molecule has 2 atom stereocenters. The zero-order chi connectivity index (χ0) is 16.0. The molecule has 0 aromatic heterocycles. The van der Waals surface area contributed by atoms with Crippen LogP contribution in [0.5, 0.6) is 0 Å². The van der Waals surface area contributed by atoms with Crippen molar-refractivity contribution < 1.29 is 0 Å². The van der Waals surface area contributed by atoms with Gasteiger partial charge in [-0.25, -0.2) is 0 Å². The van der Waals surface area contributed by atoms with Crippen LogP contribution in [0.1, 0.15) is 19.4 Å². The van der Waals surface area contributed by atoms with Gasteiger partial charge in [0.1, 0.15) is 6.17 Å². The Balaban J connectivity index is 1.80. The molecule has 0 saturated carbocycles.